The van der Waals surface area contributed by atoms with Gasteiger partial charge in [-0.3, -0.25) is 14.9 Å². The van der Waals surface area contributed by atoms with Crippen LogP contribution >= 0.6 is 11.8 Å². The third kappa shape index (κ3) is 5.36. The van der Waals surface area contributed by atoms with Gasteiger partial charge in [-0.15, -0.1) is 0 Å². The highest BCUT2D eigenvalue weighted by atomic mass is 32.2. The summed E-state index contributed by atoms with van der Waals surface area (Å²) in [6.45, 7) is 1.76. The molecular formula is C17H16N2O4S. The van der Waals surface area contributed by atoms with Gasteiger partial charge in [-0.05, 0) is 25.1 Å². The molecule has 2 amide bonds. The number of para-hydroxylation sites is 1. The zero-order valence-corrected chi connectivity index (χ0v) is 13.7. The fourth-order valence-corrected chi connectivity index (χ4v) is 2.17. The lowest BCUT2D eigenvalue weighted by Gasteiger charge is -2.05. The van der Waals surface area contributed by atoms with Gasteiger partial charge in [0, 0.05) is 16.5 Å². The van der Waals surface area contributed by atoms with Gasteiger partial charge in [0.05, 0.1) is 18.1 Å². The number of nitrogens with one attached hydrogen (secondary N) is 2. The summed E-state index contributed by atoms with van der Waals surface area (Å²) in [6.07, 6.45) is 3.59. The summed E-state index contributed by atoms with van der Waals surface area (Å²) >= 11 is 1.45. The second-order valence-electron chi connectivity index (χ2n) is 4.48. The van der Waals surface area contributed by atoms with Gasteiger partial charge >= 0.3 is 0 Å². The topological polar surface area (TPSA) is 80.6 Å². The molecule has 124 valence electrons. The second kappa shape index (κ2) is 9.26. The molecule has 7 heteroatoms. The van der Waals surface area contributed by atoms with Gasteiger partial charge in [0.15, 0.2) is 0 Å². The van der Waals surface area contributed by atoms with Crippen LogP contribution in [0.5, 0.6) is 0 Å². The Hall–Kier alpha value is -2.93. The molecule has 3 rings (SSSR count). The number of anilines is 1. The van der Waals surface area contributed by atoms with Crippen LogP contribution in [0, 0.1) is 6.92 Å². The van der Waals surface area contributed by atoms with Crippen LogP contribution in [-0.4, -0.2) is 12.3 Å². The molecule has 2 N–H and O–H groups in total. The van der Waals surface area contributed by atoms with Crippen LogP contribution in [0.1, 0.15) is 16.1 Å². The summed E-state index contributed by atoms with van der Waals surface area (Å²) in [5.41, 5.74) is 1.35. The fraction of sp³-hybridized carbons (Fsp3) is 0.0588. The average Bonchev–Trinajstić information content (AvgIpc) is 3.04. The van der Waals surface area contributed by atoms with E-state index in [4.69, 9.17) is 9.15 Å². The van der Waals surface area contributed by atoms with Crippen LogP contribution < -0.4 is 10.6 Å². The number of carbonyl (C=O) groups is 2. The number of rotatable bonds is 4. The quantitative estimate of drug-likeness (QED) is 0.828. The zero-order chi connectivity index (χ0) is 17.2. The largest absolute Gasteiger partial charge is 0.469 e. The summed E-state index contributed by atoms with van der Waals surface area (Å²) in [5, 5.41) is 8.63. The number of furan rings is 1. The summed E-state index contributed by atoms with van der Waals surface area (Å²) in [4.78, 5) is 21.5. The number of thioether (sulfide) groups is 1. The predicted molar refractivity (Wildman–Crippen MR) is 92.9 cm³/mol. The minimum Gasteiger partial charge on any atom is -0.469 e. The standard InChI is InChI=1S/C12H11NO2.C5H5NO2S/c1-9-11(7-8-15-9)12(14)13-10-5-3-2-4-6-10;7-4-6-5-3-9-2-1-8-5/h2-8H,1H3,(H,13,14);1-4H,(H,6,7). The van der Waals surface area contributed by atoms with E-state index >= 15 is 0 Å². The van der Waals surface area contributed by atoms with E-state index in [1.54, 1.807) is 23.8 Å². The summed E-state index contributed by atoms with van der Waals surface area (Å²) in [5.74, 6) is 0.952. The highest BCUT2D eigenvalue weighted by molar-refractivity contribution is 8.04. The van der Waals surface area contributed by atoms with E-state index in [1.165, 1.54) is 24.3 Å². The number of hydrogen-bond donors (Lipinski definition) is 2. The molecule has 6 nitrogen and oxygen atoms in total. The lowest BCUT2D eigenvalue weighted by molar-refractivity contribution is -0.109. The Morgan fingerprint density at radius 3 is 2.58 bits per heavy atom. The van der Waals surface area contributed by atoms with Gasteiger partial charge < -0.3 is 14.5 Å². The molecule has 1 aliphatic rings. The highest BCUT2D eigenvalue weighted by Crippen LogP contribution is 2.13. The van der Waals surface area contributed by atoms with Crippen molar-refractivity contribution in [3.05, 3.63) is 76.9 Å². The van der Waals surface area contributed by atoms with Gasteiger partial charge in [-0.1, -0.05) is 30.0 Å². The van der Waals surface area contributed by atoms with E-state index < -0.39 is 0 Å². The Kier molecular flexibility index (Phi) is 6.73. The molecule has 24 heavy (non-hydrogen) atoms. The fourth-order valence-electron chi connectivity index (χ4n) is 1.73. The Morgan fingerprint density at radius 2 is 2.00 bits per heavy atom. The molecule has 0 atom stereocenters. The van der Waals surface area contributed by atoms with Crippen molar-refractivity contribution in [2.24, 2.45) is 0 Å². The molecule has 0 unspecified atom stereocenters. The molecule has 1 aromatic carbocycles. The smallest absolute Gasteiger partial charge is 0.259 e. The van der Waals surface area contributed by atoms with Crippen molar-refractivity contribution >= 4 is 29.8 Å². The van der Waals surface area contributed by atoms with E-state index in [2.05, 4.69) is 10.6 Å². The number of amides is 2. The van der Waals surface area contributed by atoms with E-state index in [1.807, 2.05) is 30.3 Å². The van der Waals surface area contributed by atoms with E-state index in [9.17, 15) is 9.59 Å². The van der Waals surface area contributed by atoms with E-state index in [-0.39, 0.29) is 5.91 Å². The number of carbonyl (C=O) groups excluding carboxylic acids is 2. The third-order valence-electron chi connectivity index (χ3n) is 2.84. The molecule has 0 bridgehead atoms. The SMILES string of the molecule is Cc1occc1C(=O)Nc1ccccc1.O=CNC1=CSC=CO1. The Labute approximate surface area is 143 Å². The van der Waals surface area contributed by atoms with Crippen LogP contribution in [-0.2, 0) is 9.53 Å². The van der Waals surface area contributed by atoms with Crippen molar-refractivity contribution in [1.82, 2.24) is 5.32 Å². The molecular weight excluding hydrogens is 328 g/mol. The van der Waals surface area contributed by atoms with E-state index in [0.717, 1.165) is 5.69 Å². The minimum atomic E-state index is -0.146. The maximum Gasteiger partial charge on any atom is 0.259 e. The minimum absolute atomic E-state index is 0.146. The van der Waals surface area contributed by atoms with Crippen LogP contribution in [0.25, 0.3) is 0 Å². The maximum absolute atomic E-state index is 11.7. The van der Waals surface area contributed by atoms with Gasteiger partial charge in [0.1, 0.15) is 5.76 Å². The molecule has 0 saturated heterocycles. The molecule has 2 aromatic rings. The predicted octanol–water partition coefficient (Wildman–Crippen LogP) is 3.61. The van der Waals surface area contributed by atoms with Gasteiger partial charge in [-0.25, -0.2) is 0 Å². The van der Waals surface area contributed by atoms with Crippen LogP contribution in [0.15, 0.2) is 70.0 Å². The lowest BCUT2D eigenvalue weighted by atomic mass is 10.2. The Morgan fingerprint density at radius 1 is 1.21 bits per heavy atom. The Balaban J connectivity index is 0.000000198. The van der Waals surface area contributed by atoms with Crippen molar-refractivity contribution in [2.75, 3.05) is 5.32 Å². The normalized spacial score (nSPS) is 12.1. The molecule has 0 radical (unpaired) electrons. The van der Waals surface area contributed by atoms with Gasteiger partial charge in [-0.2, -0.15) is 0 Å². The molecule has 0 aliphatic carbocycles. The number of benzene rings is 1. The molecule has 0 saturated carbocycles. The number of ether oxygens (including phenoxy) is 1. The van der Waals surface area contributed by atoms with Gasteiger partial charge in [0.25, 0.3) is 5.91 Å². The summed E-state index contributed by atoms with van der Waals surface area (Å²) in [6, 6.07) is 11.0. The van der Waals surface area contributed by atoms with Crippen molar-refractivity contribution in [3.8, 4) is 0 Å². The maximum atomic E-state index is 11.7. The third-order valence-corrected chi connectivity index (χ3v) is 3.46. The monoisotopic (exact) mass is 344 g/mol. The van der Waals surface area contributed by atoms with Crippen molar-refractivity contribution in [2.45, 2.75) is 6.92 Å². The summed E-state index contributed by atoms with van der Waals surface area (Å²) in [7, 11) is 0. The van der Waals surface area contributed by atoms with Crippen molar-refractivity contribution < 1.29 is 18.7 Å². The molecule has 2 heterocycles. The molecule has 0 spiro atoms. The number of aryl methyl sites for hydroxylation is 1. The lowest BCUT2D eigenvalue weighted by Crippen LogP contribution is -2.11. The zero-order valence-electron chi connectivity index (χ0n) is 12.9. The first-order valence-corrected chi connectivity index (χ1v) is 7.93. The van der Waals surface area contributed by atoms with Crippen LogP contribution in [0.4, 0.5) is 5.69 Å². The first kappa shape index (κ1) is 17.4. The highest BCUT2D eigenvalue weighted by Gasteiger charge is 2.10. The molecule has 1 aromatic heterocycles. The molecule has 0 fully saturated rings. The first-order chi connectivity index (χ1) is 11.7. The average molecular weight is 344 g/mol. The van der Waals surface area contributed by atoms with Crippen molar-refractivity contribution in [3.63, 3.8) is 0 Å². The van der Waals surface area contributed by atoms with Crippen LogP contribution in [0.3, 0.4) is 0 Å². The Bertz CT molecular complexity index is 734. The number of hydrogen-bond acceptors (Lipinski definition) is 5. The van der Waals surface area contributed by atoms with Gasteiger partial charge in [0.2, 0.25) is 12.3 Å². The summed E-state index contributed by atoms with van der Waals surface area (Å²) < 4.78 is 9.90. The second-order valence-corrected chi connectivity index (χ2v) is 5.26. The molecule has 1 aliphatic heterocycles. The van der Waals surface area contributed by atoms with Crippen LogP contribution in [0.2, 0.25) is 0 Å². The first-order valence-electron chi connectivity index (χ1n) is 6.98. The van der Waals surface area contributed by atoms with Crippen molar-refractivity contribution in [1.29, 1.82) is 0 Å². The van der Waals surface area contributed by atoms with E-state index in [0.29, 0.717) is 23.6 Å².